The highest BCUT2D eigenvalue weighted by Crippen LogP contribution is 2.38. The molecule has 0 aliphatic rings. The molecule has 0 radical (unpaired) electrons. The fourth-order valence-corrected chi connectivity index (χ4v) is 3.96. The minimum Gasteiger partial charge on any atom is -0.478 e. The second kappa shape index (κ2) is 8.12. The number of para-hydroxylation sites is 1. The van der Waals surface area contributed by atoms with Crippen molar-refractivity contribution in [3.63, 3.8) is 0 Å². The Kier molecular flexibility index (Phi) is 5.82. The number of anilines is 4. The molecule has 0 unspecified atom stereocenters. The van der Waals surface area contributed by atoms with Crippen LogP contribution in [0.15, 0.2) is 59.2 Å². The third-order valence-corrected chi connectivity index (χ3v) is 6.00. The standard InChI is InChI=1S/C19H18BrN4O3P/c1-28(2,27)16-6-4-3-5-15(16)23-17-14(20)11-21-19(24-17)22-13-9-7-12(8-10-13)18(25)26/h3-11H,1-2H3,(H,25,26)(H2,21,22,23,24). The van der Waals surface area contributed by atoms with E-state index in [9.17, 15) is 9.36 Å². The summed E-state index contributed by atoms with van der Waals surface area (Å²) in [6.45, 7) is 3.44. The number of carbonyl (C=O) groups is 1. The molecule has 0 atom stereocenters. The predicted octanol–water partition coefficient (Wildman–Crippen LogP) is 4.67. The number of nitrogens with one attached hydrogen (secondary N) is 2. The van der Waals surface area contributed by atoms with Gasteiger partial charge >= 0.3 is 5.97 Å². The zero-order valence-corrected chi connectivity index (χ0v) is 17.7. The number of aromatic carboxylic acids is 1. The molecule has 0 aliphatic heterocycles. The highest BCUT2D eigenvalue weighted by atomic mass is 79.9. The van der Waals surface area contributed by atoms with Gasteiger partial charge in [0, 0.05) is 17.2 Å². The van der Waals surface area contributed by atoms with Crippen molar-refractivity contribution in [2.45, 2.75) is 0 Å². The maximum atomic E-state index is 12.6. The summed E-state index contributed by atoms with van der Waals surface area (Å²) < 4.78 is 13.2. The molecule has 3 aromatic rings. The number of aromatic nitrogens is 2. The number of hydrogen-bond acceptors (Lipinski definition) is 6. The van der Waals surface area contributed by atoms with Crippen LogP contribution < -0.4 is 15.9 Å². The van der Waals surface area contributed by atoms with Gasteiger partial charge in [-0.3, -0.25) is 0 Å². The maximum absolute atomic E-state index is 12.6. The number of carboxylic acids is 1. The van der Waals surface area contributed by atoms with Crippen molar-refractivity contribution in [3.8, 4) is 0 Å². The van der Waals surface area contributed by atoms with Crippen LogP contribution in [0.4, 0.5) is 23.1 Å². The molecule has 144 valence electrons. The van der Waals surface area contributed by atoms with Crippen molar-refractivity contribution in [1.29, 1.82) is 0 Å². The van der Waals surface area contributed by atoms with Crippen molar-refractivity contribution in [1.82, 2.24) is 9.97 Å². The summed E-state index contributed by atoms with van der Waals surface area (Å²) in [6, 6.07) is 13.7. The first-order valence-corrected chi connectivity index (χ1v) is 11.7. The number of nitrogens with zero attached hydrogens (tertiary/aromatic N) is 2. The Morgan fingerprint density at radius 2 is 1.75 bits per heavy atom. The molecule has 9 heteroatoms. The van der Waals surface area contributed by atoms with E-state index in [2.05, 4.69) is 36.5 Å². The molecule has 0 fully saturated rings. The number of benzene rings is 2. The van der Waals surface area contributed by atoms with Gasteiger partial charge in [0.05, 0.1) is 15.7 Å². The Morgan fingerprint density at radius 1 is 1.07 bits per heavy atom. The minimum atomic E-state index is -2.47. The van der Waals surface area contributed by atoms with Crippen LogP contribution in [0.2, 0.25) is 0 Å². The topological polar surface area (TPSA) is 104 Å². The molecule has 3 rings (SSSR count). The quantitative estimate of drug-likeness (QED) is 0.459. The Hall–Kier alpha value is -2.70. The summed E-state index contributed by atoms with van der Waals surface area (Å²) in [7, 11) is -2.47. The van der Waals surface area contributed by atoms with Crippen LogP contribution in [-0.4, -0.2) is 34.4 Å². The molecule has 28 heavy (non-hydrogen) atoms. The zero-order valence-electron chi connectivity index (χ0n) is 15.2. The van der Waals surface area contributed by atoms with E-state index in [4.69, 9.17) is 5.11 Å². The molecule has 0 amide bonds. The Balaban J connectivity index is 1.87. The van der Waals surface area contributed by atoms with E-state index < -0.39 is 13.1 Å². The van der Waals surface area contributed by atoms with E-state index >= 15 is 0 Å². The van der Waals surface area contributed by atoms with Gasteiger partial charge in [-0.05, 0) is 65.7 Å². The molecular formula is C19H18BrN4O3P. The van der Waals surface area contributed by atoms with Crippen LogP contribution in [0, 0.1) is 0 Å². The predicted molar refractivity (Wildman–Crippen MR) is 115 cm³/mol. The average Bonchev–Trinajstić information content (AvgIpc) is 2.64. The molecule has 0 aliphatic carbocycles. The molecule has 0 saturated carbocycles. The van der Waals surface area contributed by atoms with Gasteiger partial charge in [0.25, 0.3) is 0 Å². The largest absolute Gasteiger partial charge is 0.478 e. The molecule has 2 aromatic carbocycles. The van der Waals surface area contributed by atoms with Crippen molar-refractivity contribution in [2.24, 2.45) is 0 Å². The highest BCUT2D eigenvalue weighted by Gasteiger charge is 2.17. The third kappa shape index (κ3) is 4.77. The fraction of sp³-hybridized carbons (Fsp3) is 0.105. The van der Waals surface area contributed by atoms with E-state index in [1.807, 2.05) is 24.3 Å². The number of rotatable bonds is 6. The van der Waals surface area contributed by atoms with E-state index in [0.29, 0.717) is 27.6 Å². The van der Waals surface area contributed by atoms with Crippen LogP contribution in [0.1, 0.15) is 10.4 Å². The molecule has 1 heterocycles. The van der Waals surface area contributed by atoms with Crippen molar-refractivity contribution < 1.29 is 14.5 Å². The van der Waals surface area contributed by atoms with Crippen LogP contribution in [-0.2, 0) is 4.57 Å². The zero-order chi connectivity index (χ0) is 20.3. The number of hydrogen-bond donors (Lipinski definition) is 3. The number of halogens is 1. The molecule has 3 N–H and O–H groups in total. The van der Waals surface area contributed by atoms with Crippen LogP contribution in [0.3, 0.4) is 0 Å². The second-order valence-electron chi connectivity index (χ2n) is 6.39. The van der Waals surface area contributed by atoms with Gasteiger partial charge in [-0.2, -0.15) is 4.98 Å². The SMILES string of the molecule is CP(C)(=O)c1ccccc1Nc1nc(Nc2ccc(C(=O)O)cc2)ncc1Br. The first-order valence-electron chi connectivity index (χ1n) is 8.28. The van der Waals surface area contributed by atoms with Crippen molar-refractivity contribution in [3.05, 3.63) is 64.8 Å². The van der Waals surface area contributed by atoms with Gasteiger partial charge in [-0.15, -0.1) is 0 Å². The lowest BCUT2D eigenvalue weighted by atomic mass is 10.2. The fourth-order valence-electron chi connectivity index (χ4n) is 2.52. The lowest BCUT2D eigenvalue weighted by Crippen LogP contribution is -2.11. The minimum absolute atomic E-state index is 0.199. The maximum Gasteiger partial charge on any atom is 0.335 e. The summed E-state index contributed by atoms with van der Waals surface area (Å²) in [5.74, 6) is -0.135. The number of carboxylic acid groups (broad SMARTS) is 1. The highest BCUT2D eigenvalue weighted by molar-refractivity contribution is 9.10. The Labute approximate surface area is 170 Å². The van der Waals surface area contributed by atoms with Crippen molar-refractivity contribution >= 4 is 57.5 Å². The first kappa shape index (κ1) is 20.0. The summed E-state index contributed by atoms with van der Waals surface area (Å²) in [5, 5.41) is 16.0. The summed E-state index contributed by atoms with van der Waals surface area (Å²) >= 11 is 3.42. The van der Waals surface area contributed by atoms with Gasteiger partial charge in [-0.1, -0.05) is 12.1 Å². The van der Waals surface area contributed by atoms with Gasteiger partial charge in [0.15, 0.2) is 0 Å². The molecule has 0 spiro atoms. The molecule has 1 aromatic heterocycles. The Bertz CT molecular complexity index is 1070. The molecule has 7 nitrogen and oxygen atoms in total. The normalized spacial score (nSPS) is 11.1. The first-order chi connectivity index (χ1) is 13.2. The van der Waals surface area contributed by atoms with Gasteiger partial charge in [0.1, 0.15) is 13.0 Å². The average molecular weight is 461 g/mol. The van der Waals surface area contributed by atoms with E-state index in [1.54, 1.807) is 31.7 Å². The van der Waals surface area contributed by atoms with Gasteiger partial charge in [-0.25, -0.2) is 9.78 Å². The van der Waals surface area contributed by atoms with Gasteiger partial charge < -0.3 is 20.3 Å². The monoisotopic (exact) mass is 460 g/mol. The van der Waals surface area contributed by atoms with E-state index in [-0.39, 0.29) is 5.56 Å². The second-order valence-corrected chi connectivity index (χ2v) is 10.4. The van der Waals surface area contributed by atoms with Crippen LogP contribution in [0.25, 0.3) is 0 Å². The van der Waals surface area contributed by atoms with E-state index in [0.717, 1.165) is 5.30 Å². The molecular weight excluding hydrogens is 443 g/mol. The summed E-state index contributed by atoms with van der Waals surface area (Å²) in [5.41, 5.74) is 1.57. The Morgan fingerprint density at radius 3 is 2.39 bits per heavy atom. The lowest BCUT2D eigenvalue weighted by molar-refractivity contribution is 0.0697. The van der Waals surface area contributed by atoms with Gasteiger partial charge in [0.2, 0.25) is 5.95 Å². The summed E-state index contributed by atoms with van der Waals surface area (Å²) in [6.07, 6.45) is 1.60. The van der Waals surface area contributed by atoms with Crippen LogP contribution >= 0.6 is 23.1 Å². The smallest absolute Gasteiger partial charge is 0.335 e. The van der Waals surface area contributed by atoms with Crippen molar-refractivity contribution in [2.75, 3.05) is 24.0 Å². The summed E-state index contributed by atoms with van der Waals surface area (Å²) in [4.78, 5) is 19.6. The molecule has 0 saturated heterocycles. The lowest BCUT2D eigenvalue weighted by Gasteiger charge is -2.16. The third-order valence-electron chi connectivity index (χ3n) is 3.87. The molecule has 0 bridgehead atoms. The van der Waals surface area contributed by atoms with Crippen LogP contribution in [0.5, 0.6) is 0 Å². The van der Waals surface area contributed by atoms with E-state index in [1.165, 1.54) is 12.1 Å².